The molecule has 2 aromatic heterocycles. The lowest BCUT2D eigenvalue weighted by Gasteiger charge is -2.22. The van der Waals surface area contributed by atoms with Crippen molar-refractivity contribution >= 4 is 46.6 Å². The lowest BCUT2D eigenvalue weighted by atomic mass is 9.84. The number of esters is 4. The van der Waals surface area contributed by atoms with Crippen LogP contribution >= 0.6 is 22.7 Å². The molecule has 0 bridgehead atoms. The minimum atomic E-state index is -1.47. The molecule has 0 radical (unpaired) electrons. The van der Waals surface area contributed by atoms with E-state index >= 15 is 0 Å². The zero-order valence-corrected chi connectivity index (χ0v) is 28.0. The third-order valence-corrected chi connectivity index (χ3v) is 12.0. The molecule has 0 saturated carbocycles. The second-order valence-electron chi connectivity index (χ2n) is 12.3. The zero-order valence-electron chi connectivity index (χ0n) is 26.4. The van der Waals surface area contributed by atoms with Gasteiger partial charge in [-0.3, -0.25) is 19.2 Å². The second kappa shape index (κ2) is 10.6. The molecule has 0 spiro atoms. The molecule has 0 aliphatic heterocycles. The topological polar surface area (TPSA) is 105 Å². The molecule has 3 aliphatic carbocycles. The van der Waals surface area contributed by atoms with Gasteiger partial charge in [-0.25, -0.2) is 0 Å². The van der Waals surface area contributed by atoms with Gasteiger partial charge >= 0.3 is 23.9 Å². The fourth-order valence-electron chi connectivity index (χ4n) is 8.00. The van der Waals surface area contributed by atoms with Crippen molar-refractivity contribution in [2.24, 2.45) is 10.8 Å². The van der Waals surface area contributed by atoms with E-state index in [0.29, 0.717) is 0 Å². The normalized spacial score (nSPS) is 19.1. The van der Waals surface area contributed by atoms with Gasteiger partial charge in [0.1, 0.15) is 0 Å². The van der Waals surface area contributed by atoms with Crippen LogP contribution in [0.3, 0.4) is 0 Å². The highest BCUT2D eigenvalue weighted by Gasteiger charge is 2.54. The summed E-state index contributed by atoms with van der Waals surface area (Å²) in [7, 11) is 5.20. The number of hydrogen-bond acceptors (Lipinski definition) is 10. The average molecular weight is 657 g/mol. The summed E-state index contributed by atoms with van der Waals surface area (Å²) in [6.07, 6.45) is 0.727. The maximum atomic E-state index is 13.3. The number of aryl methyl sites for hydroxylation is 2. The molecule has 2 aromatic carbocycles. The Morgan fingerprint density at radius 1 is 0.543 bits per heavy atom. The predicted molar refractivity (Wildman–Crippen MR) is 169 cm³/mol. The summed E-state index contributed by atoms with van der Waals surface area (Å²) in [5, 5.41) is 10.1. The number of rotatable bonds is 4. The second-order valence-corrected chi connectivity index (χ2v) is 14.1. The van der Waals surface area contributed by atoms with Gasteiger partial charge in [0.25, 0.3) is 0 Å². The summed E-state index contributed by atoms with van der Waals surface area (Å²) >= 11 is 3.23. The van der Waals surface area contributed by atoms with Gasteiger partial charge in [0.15, 0.2) is 10.8 Å². The van der Waals surface area contributed by atoms with Crippen LogP contribution in [-0.2, 0) is 63.8 Å². The number of carbonyl (C=O) groups excluding carboxylic acids is 4. The van der Waals surface area contributed by atoms with Gasteiger partial charge in [0, 0.05) is 55.6 Å². The van der Waals surface area contributed by atoms with E-state index in [-0.39, 0.29) is 25.7 Å². The molecular weight excluding hydrogens is 625 g/mol. The quantitative estimate of drug-likeness (QED) is 0.155. The molecule has 7 rings (SSSR count). The summed E-state index contributed by atoms with van der Waals surface area (Å²) in [6, 6.07) is 8.51. The van der Waals surface area contributed by atoms with Crippen LogP contribution in [0.15, 0.2) is 35.0 Å². The number of fused-ring (bicyclic) bond motifs is 8. The molecule has 0 unspecified atom stereocenters. The summed E-state index contributed by atoms with van der Waals surface area (Å²) in [4.78, 5) is 53.1. The highest BCUT2D eigenvalue weighted by Crippen LogP contribution is 2.44. The summed E-state index contributed by atoms with van der Waals surface area (Å²) in [5.74, 6) is -2.41. The Hall–Kier alpha value is -4.28. The predicted octanol–water partition coefficient (Wildman–Crippen LogP) is 4.75. The van der Waals surface area contributed by atoms with Crippen LogP contribution in [0.25, 0.3) is 0 Å². The van der Waals surface area contributed by atoms with Crippen molar-refractivity contribution in [3.05, 3.63) is 109 Å². The SMILES string of the molecule is COC(=O)C1(C(=O)OC)Cc2c(C)cc3/c(c2C1)=c1/ccs/c1=c1\cc(C)c2c(\c1=c1/ccs/c1=3)CC(C(=O)OC)(C(=O)OC)C2. The first-order valence-electron chi connectivity index (χ1n) is 14.9. The molecule has 4 aromatic rings. The molecule has 0 saturated heterocycles. The molecule has 2 heterocycles. The molecule has 0 amide bonds. The van der Waals surface area contributed by atoms with E-state index in [1.165, 1.54) is 28.4 Å². The van der Waals surface area contributed by atoms with E-state index < -0.39 is 34.7 Å². The van der Waals surface area contributed by atoms with Crippen LogP contribution in [0.1, 0.15) is 33.4 Å². The Kier molecular flexibility index (Phi) is 7.02. The Balaban J connectivity index is 1.71. The maximum Gasteiger partial charge on any atom is 0.323 e. The van der Waals surface area contributed by atoms with Crippen molar-refractivity contribution in [2.75, 3.05) is 28.4 Å². The summed E-state index contributed by atoms with van der Waals surface area (Å²) in [5.41, 5.74) is 2.82. The van der Waals surface area contributed by atoms with E-state index in [1.54, 1.807) is 22.7 Å². The third kappa shape index (κ3) is 3.89. The number of methoxy groups -OCH3 is 4. The van der Waals surface area contributed by atoms with E-state index in [2.05, 4.69) is 35.0 Å². The molecule has 0 atom stereocenters. The first kappa shape index (κ1) is 30.4. The Morgan fingerprint density at radius 2 is 0.870 bits per heavy atom. The average Bonchev–Trinajstić information content (AvgIpc) is 3.87. The first-order chi connectivity index (χ1) is 22.1. The smallest absolute Gasteiger partial charge is 0.323 e. The summed E-state index contributed by atoms with van der Waals surface area (Å²) in [6.45, 7) is 4.03. The van der Waals surface area contributed by atoms with Gasteiger partial charge in [-0.05, 0) is 92.7 Å². The van der Waals surface area contributed by atoms with Crippen molar-refractivity contribution in [3.8, 4) is 0 Å². The zero-order chi connectivity index (χ0) is 32.7. The van der Waals surface area contributed by atoms with Crippen molar-refractivity contribution < 1.29 is 38.1 Å². The highest BCUT2D eigenvalue weighted by molar-refractivity contribution is 7.08. The van der Waals surface area contributed by atoms with Crippen LogP contribution in [0.5, 0.6) is 0 Å². The highest BCUT2D eigenvalue weighted by atomic mass is 32.1. The van der Waals surface area contributed by atoms with Gasteiger partial charge in [-0.1, -0.05) is 0 Å². The minimum Gasteiger partial charge on any atom is -0.468 e. The minimum absolute atomic E-state index is 0.165. The molecule has 46 heavy (non-hydrogen) atoms. The van der Waals surface area contributed by atoms with Crippen molar-refractivity contribution in [3.63, 3.8) is 0 Å². The van der Waals surface area contributed by atoms with Gasteiger partial charge < -0.3 is 18.9 Å². The lowest BCUT2D eigenvalue weighted by molar-refractivity contribution is -0.170. The van der Waals surface area contributed by atoms with Gasteiger partial charge in [-0.2, -0.15) is 0 Å². The van der Waals surface area contributed by atoms with E-state index in [0.717, 1.165) is 73.8 Å². The number of benzene rings is 2. The Morgan fingerprint density at radius 3 is 1.20 bits per heavy atom. The van der Waals surface area contributed by atoms with Crippen molar-refractivity contribution in [1.29, 1.82) is 0 Å². The molecule has 8 nitrogen and oxygen atoms in total. The number of ether oxygens (including phenoxy) is 4. The fourth-order valence-corrected chi connectivity index (χ4v) is 9.85. The largest absolute Gasteiger partial charge is 0.468 e. The first-order valence-corrected chi connectivity index (χ1v) is 16.6. The van der Waals surface area contributed by atoms with E-state index in [1.807, 2.05) is 13.8 Å². The van der Waals surface area contributed by atoms with Crippen LogP contribution < -0.4 is 0 Å². The Labute approximate surface area is 271 Å². The molecule has 3 aliphatic rings. The Bertz CT molecular complexity index is 2240. The number of hydrogen-bond donors (Lipinski definition) is 0. The van der Waals surface area contributed by atoms with Gasteiger partial charge in [0.2, 0.25) is 0 Å². The number of thiophene rings is 2. The molecular formula is C36H32O8S2. The van der Waals surface area contributed by atoms with Crippen LogP contribution in [0.4, 0.5) is 0 Å². The van der Waals surface area contributed by atoms with Crippen molar-refractivity contribution in [2.45, 2.75) is 39.5 Å². The van der Waals surface area contributed by atoms with Crippen LogP contribution in [0.2, 0.25) is 0 Å². The molecule has 0 N–H and O–H groups in total. The van der Waals surface area contributed by atoms with Crippen molar-refractivity contribution in [1.82, 2.24) is 0 Å². The van der Waals surface area contributed by atoms with E-state index in [4.69, 9.17) is 18.9 Å². The standard InChI is InChI=1S/C36H32O8S2/c1-17-11-21-27(25-15-35(13-23(17)25,31(37)41-3)32(38)42-4)19-7-10-46-30(19)22-12-18(2)24-14-36(33(39)43-5,34(40)44-6)16-26(24)28(22)20-8-9-45-29(20)21/h7-12H,13-16H2,1-6H3/b27-19+,28-20+,29-21+,30-22+. The molecule has 10 heteroatoms. The molecule has 236 valence electrons. The summed E-state index contributed by atoms with van der Waals surface area (Å²) < 4.78 is 22.8. The van der Waals surface area contributed by atoms with Crippen LogP contribution in [-0.4, -0.2) is 52.3 Å². The van der Waals surface area contributed by atoms with Crippen LogP contribution in [0, 0.1) is 65.1 Å². The number of carbonyl (C=O) groups is 4. The molecule has 0 fully saturated rings. The van der Waals surface area contributed by atoms with E-state index in [9.17, 15) is 19.2 Å². The van der Waals surface area contributed by atoms with Gasteiger partial charge in [0.05, 0.1) is 28.4 Å². The van der Waals surface area contributed by atoms with Gasteiger partial charge in [-0.15, -0.1) is 22.7 Å². The lowest BCUT2D eigenvalue weighted by Crippen LogP contribution is -2.42. The fraction of sp³-hybridized carbons (Fsp3) is 0.333. The monoisotopic (exact) mass is 656 g/mol. The maximum absolute atomic E-state index is 13.3. The third-order valence-electron chi connectivity index (χ3n) is 10.1.